The van der Waals surface area contributed by atoms with Crippen molar-refractivity contribution < 1.29 is 0 Å². The third-order valence-electron chi connectivity index (χ3n) is 9.64. The summed E-state index contributed by atoms with van der Waals surface area (Å²) in [4.78, 5) is 0. The van der Waals surface area contributed by atoms with E-state index in [2.05, 4.69) is 117 Å². The van der Waals surface area contributed by atoms with E-state index in [1.165, 1.54) is 67.2 Å². The Bertz CT molecular complexity index is 1240. The van der Waals surface area contributed by atoms with E-state index in [1.807, 2.05) is 0 Å². The van der Waals surface area contributed by atoms with Crippen LogP contribution >= 0.6 is 0 Å². The Morgan fingerprint density at radius 3 is 2.27 bits per heavy atom. The first-order chi connectivity index (χ1) is 19.0. The summed E-state index contributed by atoms with van der Waals surface area (Å²) in [6.07, 6.45) is 20.5. The quantitative estimate of drug-likeness (QED) is 0.159. The minimum Gasteiger partial charge on any atom is -0.102 e. The molecule has 3 unspecified atom stereocenters. The van der Waals surface area contributed by atoms with Crippen molar-refractivity contribution in [2.75, 3.05) is 0 Å². The van der Waals surface area contributed by atoms with Crippen molar-refractivity contribution in [1.29, 1.82) is 0 Å². The maximum atomic E-state index is 4.11. The van der Waals surface area contributed by atoms with Crippen molar-refractivity contribution in [3.63, 3.8) is 0 Å². The molecule has 0 aromatic heterocycles. The molecule has 0 nitrogen and oxygen atoms in total. The molecule has 0 amide bonds. The van der Waals surface area contributed by atoms with Gasteiger partial charge in [0.15, 0.2) is 0 Å². The summed E-state index contributed by atoms with van der Waals surface area (Å²) in [5, 5.41) is 0. The summed E-state index contributed by atoms with van der Waals surface area (Å²) in [7, 11) is 0. The molecule has 0 heteroatoms. The number of benzene rings is 2. The van der Waals surface area contributed by atoms with Crippen LogP contribution in [0.5, 0.6) is 0 Å². The Morgan fingerprint density at radius 2 is 1.62 bits per heavy atom. The molecule has 3 atom stereocenters. The number of hydrogen-bond donors (Lipinski definition) is 0. The average Bonchev–Trinajstić information content (AvgIpc) is 3.51. The van der Waals surface area contributed by atoms with E-state index in [1.54, 1.807) is 22.3 Å². The van der Waals surface area contributed by atoms with Gasteiger partial charge in [-0.25, -0.2) is 0 Å². The Kier molecular flexibility index (Phi) is 9.70. The second-order valence-corrected chi connectivity index (χ2v) is 14.6. The highest BCUT2D eigenvalue weighted by atomic mass is 14.4. The van der Waals surface area contributed by atoms with Gasteiger partial charge in [-0.1, -0.05) is 141 Å². The lowest BCUT2D eigenvalue weighted by Crippen LogP contribution is -2.18. The van der Waals surface area contributed by atoms with E-state index in [0.717, 1.165) is 12.8 Å². The maximum absolute atomic E-state index is 4.11. The first-order valence-electron chi connectivity index (χ1n) is 16.3. The van der Waals surface area contributed by atoms with Crippen LogP contribution in [-0.4, -0.2) is 0 Å². The predicted molar refractivity (Wildman–Crippen MR) is 178 cm³/mol. The van der Waals surface area contributed by atoms with E-state index in [0.29, 0.717) is 17.8 Å². The van der Waals surface area contributed by atoms with E-state index in [9.17, 15) is 0 Å². The van der Waals surface area contributed by atoms with Gasteiger partial charge in [-0.2, -0.15) is 0 Å². The molecule has 4 rings (SSSR count). The van der Waals surface area contributed by atoms with Crippen LogP contribution in [0.2, 0.25) is 0 Å². The van der Waals surface area contributed by atoms with Gasteiger partial charge < -0.3 is 0 Å². The lowest BCUT2D eigenvalue weighted by molar-refractivity contribution is 0.477. The van der Waals surface area contributed by atoms with Crippen LogP contribution in [0.1, 0.15) is 140 Å². The Labute approximate surface area is 247 Å². The molecule has 2 aromatic rings. The van der Waals surface area contributed by atoms with Crippen LogP contribution in [0, 0.1) is 11.8 Å². The smallest absolute Gasteiger partial charge is 0.00104 e. The number of fused-ring (bicyclic) bond motifs is 3. The average molecular weight is 537 g/mol. The van der Waals surface area contributed by atoms with Crippen molar-refractivity contribution in [3.8, 4) is 11.1 Å². The van der Waals surface area contributed by atoms with E-state index in [4.69, 9.17) is 0 Å². The van der Waals surface area contributed by atoms with Gasteiger partial charge in [-0.15, -0.1) is 6.58 Å². The summed E-state index contributed by atoms with van der Waals surface area (Å²) in [5.41, 5.74) is 12.8. The number of hydrogen-bond acceptors (Lipinski definition) is 0. The fourth-order valence-corrected chi connectivity index (χ4v) is 7.26. The fraction of sp³-hybridized carbons (Fsp3) is 0.550. The largest absolute Gasteiger partial charge is 0.102 e. The molecule has 40 heavy (non-hydrogen) atoms. The van der Waals surface area contributed by atoms with Crippen LogP contribution in [0.15, 0.2) is 66.8 Å². The zero-order chi connectivity index (χ0) is 29.1. The van der Waals surface area contributed by atoms with E-state index >= 15 is 0 Å². The monoisotopic (exact) mass is 536 g/mol. The molecule has 2 aromatic carbocycles. The van der Waals surface area contributed by atoms with Gasteiger partial charge in [0.2, 0.25) is 0 Å². The van der Waals surface area contributed by atoms with Crippen molar-refractivity contribution in [2.24, 2.45) is 11.8 Å². The molecule has 0 saturated heterocycles. The number of allylic oxidation sites excluding steroid dienone is 5. The van der Waals surface area contributed by atoms with Gasteiger partial charge >= 0.3 is 0 Å². The second-order valence-electron chi connectivity index (χ2n) is 14.6. The maximum Gasteiger partial charge on any atom is -0.00104 e. The minimum absolute atomic E-state index is 0.147. The third kappa shape index (κ3) is 6.58. The Hall–Kier alpha value is -2.34. The van der Waals surface area contributed by atoms with Crippen LogP contribution in [0.4, 0.5) is 0 Å². The number of rotatable bonds is 12. The molecule has 216 valence electrons. The molecule has 2 aliphatic rings. The normalized spacial score (nSPS) is 17.9. The van der Waals surface area contributed by atoms with Gasteiger partial charge in [0.25, 0.3) is 0 Å². The standard InChI is InChI=1S/C40H56/c1-10-13-17-30(19-15-14-18-29-20-16-21-33(29)28(11-2)12-3)38-36-27-31-26-32(39(4,5)6)22-23-34(31)35(36)24-25-37(38)40(7,8)9/h11,16,20-26,28-30H,2,10,12-15,17-19,27H2,1,3-9H3. The first-order valence-corrected chi connectivity index (χ1v) is 16.3. The SMILES string of the molecule is C=CC(CC)C1=CC=CC1CCCCC(CCCC)c1c(C(C)(C)C)ccc2c1Cc1cc(C(C)(C)C)ccc1-2. The summed E-state index contributed by atoms with van der Waals surface area (Å²) >= 11 is 0. The van der Waals surface area contributed by atoms with Crippen LogP contribution in [0.25, 0.3) is 11.1 Å². The van der Waals surface area contributed by atoms with Crippen LogP contribution in [0.3, 0.4) is 0 Å². The van der Waals surface area contributed by atoms with Crippen molar-refractivity contribution in [3.05, 3.63) is 94.6 Å². The van der Waals surface area contributed by atoms with Crippen molar-refractivity contribution in [2.45, 2.75) is 130 Å². The van der Waals surface area contributed by atoms with Crippen LogP contribution in [-0.2, 0) is 17.3 Å². The molecule has 0 bridgehead atoms. The summed E-state index contributed by atoms with van der Waals surface area (Å²) in [6, 6.07) is 12.2. The molecule has 0 fully saturated rings. The molecular weight excluding hydrogens is 480 g/mol. The lowest BCUT2D eigenvalue weighted by atomic mass is 9.74. The van der Waals surface area contributed by atoms with Gasteiger partial charge in [-0.05, 0) is 99.6 Å². The molecule has 0 spiro atoms. The summed E-state index contributed by atoms with van der Waals surface area (Å²) in [5.74, 6) is 1.78. The van der Waals surface area contributed by atoms with Crippen LogP contribution < -0.4 is 0 Å². The van der Waals surface area contributed by atoms with Gasteiger partial charge in [0, 0.05) is 0 Å². The van der Waals surface area contributed by atoms with Gasteiger partial charge in [0.05, 0.1) is 0 Å². The molecule has 0 N–H and O–H groups in total. The Morgan fingerprint density at radius 1 is 0.900 bits per heavy atom. The lowest BCUT2D eigenvalue weighted by Gasteiger charge is -2.30. The highest BCUT2D eigenvalue weighted by molar-refractivity contribution is 5.79. The van der Waals surface area contributed by atoms with E-state index < -0.39 is 0 Å². The van der Waals surface area contributed by atoms with Gasteiger partial charge in [0.1, 0.15) is 0 Å². The summed E-state index contributed by atoms with van der Waals surface area (Å²) < 4.78 is 0. The fourth-order valence-electron chi connectivity index (χ4n) is 7.26. The minimum atomic E-state index is 0.147. The van der Waals surface area contributed by atoms with Crippen molar-refractivity contribution in [1.82, 2.24) is 0 Å². The topological polar surface area (TPSA) is 0 Å². The van der Waals surface area contributed by atoms with E-state index in [-0.39, 0.29) is 10.8 Å². The summed E-state index contributed by atoms with van der Waals surface area (Å²) in [6.45, 7) is 23.0. The molecule has 0 aliphatic heterocycles. The third-order valence-corrected chi connectivity index (χ3v) is 9.64. The first kappa shape index (κ1) is 30.6. The predicted octanol–water partition coefficient (Wildman–Crippen LogP) is 12.0. The second kappa shape index (κ2) is 12.7. The van der Waals surface area contributed by atoms with Gasteiger partial charge in [-0.3, -0.25) is 0 Å². The highest BCUT2D eigenvalue weighted by Gasteiger charge is 2.31. The molecular formula is C40H56. The van der Waals surface area contributed by atoms with Crippen molar-refractivity contribution >= 4 is 0 Å². The Balaban J connectivity index is 1.60. The highest BCUT2D eigenvalue weighted by Crippen LogP contribution is 2.47. The molecule has 2 aliphatic carbocycles. The molecule has 0 radical (unpaired) electrons. The molecule has 0 saturated carbocycles. The zero-order valence-electron chi connectivity index (χ0n) is 27.0. The zero-order valence-corrected chi connectivity index (χ0v) is 27.0. The number of unbranched alkanes of at least 4 members (excludes halogenated alkanes) is 2. The molecule has 0 heterocycles.